The molecule has 1 nitrogen and oxygen atoms in total. The van der Waals surface area contributed by atoms with Gasteiger partial charge in [0.2, 0.25) is 0 Å². The molecule has 1 aliphatic rings. The lowest BCUT2D eigenvalue weighted by Gasteiger charge is -2.08. The van der Waals surface area contributed by atoms with Crippen LogP contribution < -0.4 is 0 Å². The van der Waals surface area contributed by atoms with Gasteiger partial charge in [-0.15, -0.1) is 11.8 Å². The van der Waals surface area contributed by atoms with Gasteiger partial charge in [0.1, 0.15) is 5.75 Å². The maximum Gasteiger partial charge on any atom is 0.120 e. The summed E-state index contributed by atoms with van der Waals surface area (Å²) < 4.78 is 0. The molecule has 1 N–H and O–H groups in total. The van der Waals surface area contributed by atoms with Crippen molar-refractivity contribution in [1.29, 1.82) is 0 Å². The van der Waals surface area contributed by atoms with Gasteiger partial charge in [0.05, 0.1) is 0 Å². The van der Waals surface area contributed by atoms with Crippen molar-refractivity contribution < 1.29 is 5.11 Å². The molecule has 1 aromatic carbocycles. The molecule has 0 amide bonds. The number of thioether (sulfide) groups is 1. The van der Waals surface area contributed by atoms with Crippen molar-refractivity contribution in [2.75, 3.05) is 0 Å². The van der Waals surface area contributed by atoms with E-state index < -0.39 is 0 Å². The minimum absolute atomic E-state index is 0.455. The highest BCUT2D eigenvalue weighted by Gasteiger charge is 2.28. The zero-order chi connectivity index (χ0) is 8.72. The van der Waals surface area contributed by atoms with E-state index in [0.29, 0.717) is 16.9 Å². The summed E-state index contributed by atoms with van der Waals surface area (Å²) in [6.45, 7) is 4.37. The number of aromatic hydroxyl groups is 1. The number of phenolic OH excluding ortho intramolecular Hbond substituents is 1. The molecule has 2 unspecified atom stereocenters. The average molecular weight is 180 g/mol. The molecule has 0 spiro atoms. The molecule has 0 aromatic heterocycles. The van der Waals surface area contributed by atoms with Gasteiger partial charge in [-0.2, -0.15) is 0 Å². The van der Waals surface area contributed by atoms with Crippen LogP contribution in [-0.2, 0) is 0 Å². The van der Waals surface area contributed by atoms with Crippen molar-refractivity contribution in [1.82, 2.24) is 0 Å². The first kappa shape index (κ1) is 7.99. The smallest absolute Gasteiger partial charge is 0.120 e. The van der Waals surface area contributed by atoms with Crippen molar-refractivity contribution in [2.45, 2.75) is 29.9 Å². The third-order valence-corrected chi connectivity index (χ3v) is 3.91. The van der Waals surface area contributed by atoms with Gasteiger partial charge in [0.15, 0.2) is 0 Å². The average Bonchev–Trinajstić information content (AvgIpc) is 2.29. The van der Waals surface area contributed by atoms with Crippen LogP contribution in [0.3, 0.4) is 0 Å². The predicted molar refractivity (Wildman–Crippen MR) is 51.8 cm³/mol. The monoisotopic (exact) mass is 180 g/mol. The predicted octanol–water partition coefficient (Wildman–Crippen LogP) is 2.99. The van der Waals surface area contributed by atoms with E-state index >= 15 is 0 Å². The number of phenols is 1. The summed E-state index contributed by atoms with van der Waals surface area (Å²) in [5.41, 5.74) is 1.13. The van der Waals surface area contributed by atoms with E-state index in [0.717, 1.165) is 5.56 Å². The Morgan fingerprint density at radius 3 is 2.75 bits per heavy atom. The molecule has 0 saturated carbocycles. The van der Waals surface area contributed by atoms with E-state index in [2.05, 4.69) is 19.9 Å². The zero-order valence-corrected chi connectivity index (χ0v) is 8.06. The first-order valence-electron chi connectivity index (χ1n) is 4.18. The Balaban J connectivity index is 2.55. The van der Waals surface area contributed by atoms with E-state index in [1.54, 1.807) is 6.07 Å². The molecule has 0 fully saturated rings. The molecule has 2 heteroatoms. The molecular formula is C10H12OS. The van der Waals surface area contributed by atoms with Gasteiger partial charge in [-0.1, -0.05) is 19.9 Å². The molecule has 2 atom stereocenters. The van der Waals surface area contributed by atoms with Gasteiger partial charge >= 0.3 is 0 Å². The normalized spacial score (nSPS) is 27.2. The maximum atomic E-state index is 9.61. The van der Waals surface area contributed by atoms with Gasteiger partial charge in [-0.3, -0.25) is 0 Å². The zero-order valence-electron chi connectivity index (χ0n) is 7.24. The summed E-state index contributed by atoms with van der Waals surface area (Å²) in [6, 6.07) is 5.76. The molecule has 0 radical (unpaired) electrons. The molecule has 2 rings (SSSR count). The highest BCUT2D eigenvalue weighted by Crippen LogP contribution is 2.48. The van der Waals surface area contributed by atoms with Crippen LogP contribution in [0.25, 0.3) is 0 Å². The lowest BCUT2D eigenvalue weighted by atomic mass is 9.98. The number of rotatable bonds is 0. The second-order valence-electron chi connectivity index (χ2n) is 3.30. The first-order valence-corrected chi connectivity index (χ1v) is 5.06. The molecule has 1 aliphatic heterocycles. The van der Waals surface area contributed by atoms with Crippen LogP contribution >= 0.6 is 11.8 Å². The number of benzene rings is 1. The molecule has 12 heavy (non-hydrogen) atoms. The van der Waals surface area contributed by atoms with Crippen molar-refractivity contribution in [3.63, 3.8) is 0 Å². The van der Waals surface area contributed by atoms with E-state index in [-0.39, 0.29) is 0 Å². The first-order chi connectivity index (χ1) is 5.70. The Morgan fingerprint density at radius 2 is 2.08 bits per heavy atom. The van der Waals surface area contributed by atoms with Crippen molar-refractivity contribution >= 4 is 11.8 Å². The maximum absolute atomic E-state index is 9.61. The van der Waals surface area contributed by atoms with Crippen LogP contribution in [-0.4, -0.2) is 10.4 Å². The summed E-state index contributed by atoms with van der Waals surface area (Å²) >= 11 is 1.85. The topological polar surface area (TPSA) is 20.2 Å². The van der Waals surface area contributed by atoms with E-state index in [1.807, 2.05) is 17.8 Å². The molecule has 64 valence electrons. The molecule has 0 bridgehead atoms. The van der Waals surface area contributed by atoms with Gasteiger partial charge in [-0.25, -0.2) is 0 Å². The standard InChI is InChI=1S/C10H12OS/c1-6-7(2)12-9-5-3-4-8(11)10(6)9/h3-7,11H,1-2H3. The quantitative estimate of drug-likeness (QED) is 0.662. The van der Waals surface area contributed by atoms with Crippen LogP contribution in [0.4, 0.5) is 0 Å². The fourth-order valence-electron chi connectivity index (χ4n) is 1.63. The third-order valence-electron chi connectivity index (χ3n) is 2.52. The number of hydrogen-bond acceptors (Lipinski definition) is 2. The highest BCUT2D eigenvalue weighted by atomic mass is 32.2. The Bertz CT molecular complexity index is 309. The van der Waals surface area contributed by atoms with E-state index in [4.69, 9.17) is 0 Å². The highest BCUT2D eigenvalue weighted by molar-refractivity contribution is 8.00. The van der Waals surface area contributed by atoms with Gasteiger partial charge < -0.3 is 5.11 Å². The summed E-state index contributed by atoms with van der Waals surface area (Å²) in [7, 11) is 0. The van der Waals surface area contributed by atoms with Gasteiger partial charge in [0, 0.05) is 15.7 Å². The Morgan fingerprint density at radius 1 is 1.33 bits per heavy atom. The summed E-state index contributed by atoms with van der Waals surface area (Å²) in [4.78, 5) is 1.25. The Hall–Kier alpha value is -0.630. The third kappa shape index (κ3) is 1.02. The van der Waals surface area contributed by atoms with Crippen LogP contribution in [0.1, 0.15) is 25.3 Å². The van der Waals surface area contributed by atoms with Gasteiger partial charge in [-0.05, 0) is 18.1 Å². The van der Waals surface area contributed by atoms with Crippen LogP contribution in [0.2, 0.25) is 0 Å². The fraction of sp³-hybridized carbons (Fsp3) is 0.400. The lowest BCUT2D eigenvalue weighted by Crippen LogP contribution is -2.00. The second-order valence-corrected chi connectivity index (χ2v) is 4.72. The molecular weight excluding hydrogens is 168 g/mol. The molecule has 0 aliphatic carbocycles. The number of hydrogen-bond donors (Lipinski definition) is 1. The summed E-state index contributed by atoms with van der Waals surface area (Å²) in [6.07, 6.45) is 0. The summed E-state index contributed by atoms with van der Waals surface area (Å²) in [5, 5.41) is 10.2. The van der Waals surface area contributed by atoms with Crippen LogP contribution in [0.5, 0.6) is 5.75 Å². The SMILES string of the molecule is CC1Sc2cccc(O)c2C1C. The lowest BCUT2D eigenvalue weighted by molar-refractivity contribution is 0.461. The van der Waals surface area contributed by atoms with Crippen LogP contribution in [0, 0.1) is 0 Å². The minimum Gasteiger partial charge on any atom is -0.508 e. The molecule has 1 heterocycles. The Labute approximate surface area is 76.8 Å². The fourth-order valence-corrected chi connectivity index (χ4v) is 2.95. The largest absolute Gasteiger partial charge is 0.508 e. The second kappa shape index (κ2) is 2.70. The molecule has 0 saturated heterocycles. The minimum atomic E-state index is 0.455. The Kier molecular flexibility index (Phi) is 1.80. The van der Waals surface area contributed by atoms with E-state index in [9.17, 15) is 5.11 Å². The van der Waals surface area contributed by atoms with Gasteiger partial charge in [0.25, 0.3) is 0 Å². The van der Waals surface area contributed by atoms with E-state index in [1.165, 1.54) is 4.90 Å². The number of fused-ring (bicyclic) bond motifs is 1. The summed E-state index contributed by atoms with van der Waals surface area (Å²) in [5.74, 6) is 0.933. The molecule has 1 aromatic rings. The van der Waals surface area contributed by atoms with Crippen molar-refractivity contribution in [3.05, 3.63) is 23.8 Å². The van der Waals surface area contributed by atoms with Crippen LogP contribution in [0.15, 0.2) is 23.1 Å². The van der Waals surface area contributed by atoms with Crippen molar-refractivity contribution in [2.24, 2.45) is 0 Å². The van der Waals surface area contributed by atoms with Crippen molar-refractivity contribution in [3.8, 4) is 5.75 Å².